The van der Waals surface area contributed by atoms with Gasteiger partial charge in [-0.3, -0.25) is 9.69 Å². The molecule has 0 radical (unpaired) electrons. The van der Waals surface area contributed by atoms with Crippen LogP contribution in [0, 0.1) is 5.82 Å². The average Bonchev–Trinajstić information content (AvgIpc) is 3.35. The Balaban J connectivity index is 1.51. The fourth-order valence-electron chi connectivity index (χ4n) is 2.92. The molecule has 30 heavy (non-hydrogen) atoms. The Hall–Kier alpha value is -3.04. The zero-order valence-corrected chi connectivity index (χ0v) is 18.0. The predicted molar refractivity (Wildman–Crippen MR) is 117 cm³/mol. The van der Waals surface area contributed by atoms with Gasteiger partial charge in [-0.15, -0.1) is 21.5 Å². The number of carbonyl (C=O) groups excluding carboxylic acids is 1. The lowest BCUT2D eigenvalue weighted by Crippen LogP contribution is -2.23. The Labute approximate surface area is 181 Å². The number of nitrogens with zero attached hydrogens (tertiary/aromatic N) is 5. The maximum Gasteiger partial charge on any atom is 0.230 e. The SMILES string of the molecule is CC(=O)N(c1nc(CSc2nnc(-c3ccccc3)n2C)cs1)c1ccccc1F. The quantitative estimate of drug-likeness (QED) is 0.393. The van der Waals surface area contributed by atoms with Gasteiger partial charge in [0.1, 0.15) is 5.82 Å². The molecule has 4 aromatic rings. The van der Waals surface area contributed by atoms with Gasteiger partial charge in [-0.2, -0.15) is 0 Å². The van der Waals surface area contributed by atoms with Crippen LogP contribution >= 0.6 is 23.1 Å². The largest absolute Gasteiger partial charge is 0.305 e. The molecule has 0 aliphatic rings. The summed E-state index contributed by atoms with van der Waals surface area (Å²) in [6, 6.07) is 16.0. The molecule has 4 rings (SSSR count). The molecule has 2 aromatic heterocycles. The number of amides is 1. The second-order valence-corrected chi connectivity index (χ2v) is 8.23. The highest BCUT2D eigenvalue weighted by Gasteiger charge is 2.21. The van der Waals surface area contributed by atoms with Crippen LogP contribution in [0.15, 0.2) is 65.1 Å². The highest BCUT2D eigenvalue weighted by Crippen LogP contribution is 2.32. The monoisotopic (exact) mass is 439 g/mol. The Morgan fingerprint density at radius 1 is 1.13 bits per heavy atom. The van der Waals surface area contributed by atoms with Gasteiger partial charge in [-0.05, 0) is 12.1 Å². The third-order valence-corrected chi connectivity index (χ3v) is 6.28. The van der Waals surface area contributed by atoms with Crippen LogP contribution in [0.1, 0.15) is 12.6 Å². The number of hydrogen-bond donors (Lipinski definition) is 0. The first-order valence-electron chi connectivity index (χ1n) is 9.12. The van der Waals surface area contributed by atoms with E-state index < -0.39 is 5.82 Å². The van der Waals surface area contributed by atoms with Gasteiger partial charge in [-0.1, -0.05) is 54.2 Å². The van der Waals surface area contributed by atoms with Gasteiger partial charge in [0.25, 0.3) is 0 Å². The van der Waals surface area contributed by atoms with Gasteiger partial charge < -0.3 is 4.57 Å². The first kappa shape index (κ1) is 20.2. The maximum atomic E-state index is 14.2. The third-order valence-electron chi connectivity index (χ3n) is 4.36. The van der Waals surface area contributed by atoms with Crippen molar-refractivity contribution in [2.45, 2.75) is 17.8 Å². The predicted octanol–water partition coefficient (Wildman–Crippen LogP) is 5.05. The summed E-state index contributed by atoms with van der Waals surface area (Å²) in [6.45, 7) is 1.40. The van der Waals surface area contributed by atoms with Crippen LogP contribution in [-0.4, -0.2) is 25.7 Å². The molecule has 0 atom stereocenters. The molecule has 152 valence electrons. The van der Waals surface area contributed by atoms with Crippen LogP contribution in [0.4, 0.5) is 15.2 Å². The minimum absolute atomic E-state index is 0.194. The van der Waals surface area contributed by atoms with E-state index in [9.17, 15) is 9.18 Å². The molecule has 0 fully saturated rings. The summed E-state index contributed by atoms with van der Waals surface area (Å²) in [7, 11) is 1.92. The molecule has 0 aliphatic heterocycles. The number of aromatic nitrogens is 4. The molecule has 0 unspecified atom stereocenters. The Bertz CT molecular complexity index is 1180. The third kappa shape index (κ3) is 4.12. The maximum absolute atomic E-state index is 14.2. The molecular formula is C21H18FN5OS2. The zero-order valence-electron chi connectivity index (χ0n) is 16.3. The van der Waals surface area contributed by atoms with Gasteiger partial charge in [-0.25, -0.2) is 9.37 Å². The van der Waals surface area contributed by atoms with Crippen molar-refractivity contribution in [3.8, 4) is 11.4 Å². The highest BCUT2D eigenvalue weighted by molar-refractivity contribution is 7.98. The number of rotatable bonds is 6. The molecule has 1 amide bonds. The summed E-state index contributed by atoms with van der Waals surface area (Å²) in [5, 5.41) is 11.6. The summed E-state index contributed by atoms with van der Waals surface area (Å²) in [6.07, 6.45) is 0. The van der Waals surface area contributed by atoms with Crippen molar-refractivity contribution in [3.05, 3.63) is 71.5 Å². The fraction of sp³-hybridized carbons (Fsp3) is 0.143. The van der Waals surface area contributed by atoms with Crippen LogP contribution in [0.5, 0.6) is 0 Å². The lowest BCUT2D eigenvalue weighted by molar-refractivity contribution is -0.115. The van der Waals surface area contributed by atoms with Crippen molar-refractivity contribution in [1.29, 1.82) is 0 Å². The topological polar surface area (TPSA) is 63.9 Å². The summed E-state index contributed by atoms with van der Waals surface area (Å²) >= 11 is 2.81. The van der Waals surface area contributed by atoms with Crippen LogP contribution in [0.3, 0.4) is 0 Å². The molecule has 0 bridgehead atoms. The molecular weight excluding hydrogens is 421 g/mol. The molecule has 0 saturated carbocycles. The number of carbonyl (C=O) groups is 1. The number of hydrogen-bond acceptors (Lipinski definition) is 6. The van der Waals surface area contributed by atoms with E-state index >= 15 is 0 Å². The minimum Gasteiger partial charge on any atom is -0.305 e. The van der Waals surface area contributed by atoms with Crippen molar-refractivity contribution in [2.75, 3.05) is 4.90 Å². The zero-order chi connectivity index (χ0) is 21.1. The summed E-state index contributed by atoms with van der Waals surface area (Å²) < 4.78 is 16.1. The summed E-state index contributed by atoms with van der Waals surface area (Å²) in [4.78, 5) is 18.0. The van der Waals surface area contributed by atoms with Crippen LogP contribution < -0.4 is 4.90 Å². The first-order chi connectivity index (χ1) is 14.5. The van der Waals surface area contributed by atoms with E-state index in [1.165, 1.54) is 41.0 Å². The van der Waals surface area contributed by atoms with Crippen molar-refractivity contribution < 1.29 is 9.18 Å². The van der Waals surface area contributed by atoms with Crippen molar-refractivity contribution in [3.63, 3.8) is 0 Å². The lowest BCUT2D eigenvalue weighted by atomic mass is 10.2. The molecule has 0 saturated heterocycles. The number of anilines is 2. The van der Waals surface area contributed by atoms with E-state index in [2.05, 4.69) is 15.2 Å². The van der Waals surface area contributed by atoms with E-state index in [1.807, 2.05) is 47.3 Å². The Kier molecular flexibility index (Phi) is 5.91. The van der Waals surface area contributed by atoms with Crippen molar-refractivity contribution >= 4 is 39.8 Å². The highest BCUT2D eigenvalue weighted by atomic mass is 32.2. The van der Waals surface area contributed by atoms with Crippen LogP contribution in [0.2, 0.25) is 0 Å². The molecule has 0 spiro atoms. The van der Waals surface area contributed by atoms with Gasteiger partial charge >= 0.3 is 0 Å². The van der Waals surface area contributed by atoms with Crippen molar-refractivity contribution in [1.82, 2.24) is 19.7 Å². The van der Waals surface area contributed by atoms with Crippen LogP contribution in [-0.2, 0) is 17.6 Å². The number of thioether (sulfide) groups is 1. The van der Waals surface area contributed by atoms with Gasteiger partial charge in [0.2, 0.25) is 5.91 Å². The summed E-state index contributed by atoms with van der Waals surface area (Å²) in [5.74, 6) is 0.584. The Morgan fingerprint density at radius 2 is 1.87 bits per heavy atom. The smallest absolute Gasteiger partial charge is 0.230 e. The molecule has 2 aromatic carbocycles. The van der Waals surface area contributed by atoms with E-state index in [4.69, 9.17) is 0 Å². The van der Waals surface area contributed by atoms with E-state index in [0.717, 1.165) is 22.2 Å². The number of halogens is 1. The summed E-state index contributed by atoms with van der Waals surface area (Å²) in [5.41, 5.74) is 1.98. The minimum atomic E-state index is -0.466. The number of para-hydroxylation sites is 1. The standard InChI is InChI=1S/C21H18FN5OS2/c1-14(28)27(18-11-7-6-10-17(18)22)20-23-16(12-29-20)13-30-21-25-24-19(26(21)2)15-8-4-3-5-9-15/h3-12H,13H2,1-2H3. The Morgan fingerprint density at radius 3 is 2.60 bits per heavy atom. The fourth-order valence-corrected chi connectivity index (χ4v) is 4.71. The van der Waals surface area contributed by atoms with Crippen molar-refractivity contribution in [2.24, 2.45) is 7.05 Å². The molecule has 0 aliphatic carbocycles. The van der Waals surface area contributed by atoms with Crippen LogP contribution in [0.25, 0.3) is 11.4 Å². The van der Waals surface area contributed by atoms with E-state index in [1.54, 1.807) is 18.2 Å². The second kappa shape index (κ2) is 8.76. The van der Waals surface area contributed by atoms with Gasteiger partial charge in [0.05, 0.1) is 11.4 Å². The van der Waals surface area contributed by atoms with Gasteiger partial charge in [0, 0.05) is 30.7 Å². The van der Waals surface area contributed by atoms with E-state index in [0.29, 0.717) is 10.9 Å². The molecule has 6 nitrogen and oxygen atoms in total. The normalized spacial score (nSPS) is 10.9. The first-order valence-corrected chi connectivity index (χ1v) is 11.0. The number of benzene rings is 2. The average molecular weight is 440 g/mol. The molecule has 2 heterocycles. The molecule has 0 N–H and O–H groups in total. The molecule has 9 heteroatoms. The second-order valence-electron chi connectivity index (χ2n) is 6.45. The number of thiazole rings is 1. The van der Waals surface area contributed by atoms with Gasteiger partial charge in [0.15, 0.2) is 16.1 Å². The van der Waals surface area contributed by atoms with E-state index in [-0.39, 0.29) is 11.6 Å². The lowest BCUT2D eigenvalue weighted by Gasteiger charge is -2.18.